The van der Waals surface area contributed by atoms with Crippen LogP contribution >= 0.6 is 0 Å². The fourth-order valence-electron chi connectivity index (χ4n) is 3.68. The summed E-state index contributed by atoms with van der Waals surface area (Å²) >= 11 is 0. The number of aromatic nitrogens is 3. The molecular formula is C25H26N4O3. The van der Waals surface area contributed by atoms with Gasteiger partial charge in [0.15, 0.2) is 0 Å². The average Bonchev–Trinajstić information content (AvgIpc) is 3.07. The summed E-state index contributed by atoms with van der Waals surface area (Å²) in [6.07, 6.45) is 2.66. The molecule has 0 aliphatic rings. The van der Waals surface area contributed by atoms with Crippen LogP contribution in [0.4, 0.5) is 0 Å². The number of ether oxygens (including phenoxy) is 1. The lowest BCUT2D eigenvalue weighted by atomic mass is 10.2. The molecule has 2 aromatic heterocycles. The molecular weight excluding hydrogens is 404 g/mol. The molecule has 7 heteroatoms. The quantitative estimate of drug-likeness (QED) is 0.467. The molecule has 0 bridgehead atoms. The van der Waals surface area contributed by atoms with Gasteiger partial charge in [0, 0.05) is 22.6 Å². The first-order valence-corrected chi connectivity index (χ1v) is 10.6. The highest BCUT2D eigenvalue weighted by Gasteiger charge is 2.11. The Morgan fingerprint density at radius 1 is 1.09 bits per heavy atom. The monoisotopic (exact) mass is 430 g/mol. The van der Waals surface area contributed by atoms with Crippen molar-refractivity contribution in [2.24, 2.45) is 5.10 Å². The zero-order valence-electron chi connectivity index (χ0n) is 18.6. The number of hydrogen-bond acceptors (Lipinski definition) is 4. The highest BCUT2D eigenvalue weighted by Crippen LogP contribution is 2.23. The average molecular weight is 431 g/mol. The Morgan fingerprint density at radius 2 is 1.81 bits per heavy atom. The van der Waals surface area contributed by atoms with Gasteiger partial charge in [-0.1, -0.05) is 19.1 Å². The first kappa shape index (κ1) is 21.4. The largest absolute Gasteiger partial charge is 0.491 e. The van der Waals surface area contributed by atoms with E-state index in [1.54, 1.807) is 30.5 Å². The summed E-state index contributed by atoms with van der Waals surface area (Å²) in [5, 5.41) is 4.60. The highest BCUT2D eigenvalue weighted by atomic mass is 16.5. The number of para-hydroxylation sites is 1. The van der Waals surface area contributed by atoms with E-state index in [1.165, 1.54) is 0 Å². The minimum atomic E-state index is -0.573. The minimum Gasteiger partial charge on any atom is -0.491 e. The number of rotatable bonds is 6. The maximum absolute atomic E-state index is 12.7. The molecule has 1 N–H and O–H groups in total. The molecule has 0 aliphatic heterocycles. The summed E-state index contributed by atoms with van der Waals surface area (Å²) in [6.45, 7) is 8.12. The van der Waals surface area contributed by atoms with Crippen molar-refractivity contribution in [1.82, 2.24) is 14.2 Å². The third-order valence-corrected chi connectivity index (χ3v) is 5.57. The number of hydrogen-bond donors (Lipinski definition) is 1. The summed E-state index contributed by atoms with van der Waals surface area (Å²) in [5.74, 6) is 0.835. The predicted octanol–water partition coefficient (Wildman–Crippen LogP) is 4.16. The number of nitrogens with zero attached hydrogens (tertiary/aromatic N) is 3. The Bertz CT molecular complexity index is 1410. The molecule has 0 amide bonds. The van der Waals surface area contributed by atoms with Crippen molar-refractivity contribution in [1.29, 1.82) is 0 Å². The molecule has 0 unspecified atom stereocenters. The lowest BCUT2D eigenvalue weighted by molar-refractivity contribution is 0.217. The molecule has 7 nitrogen and oxygen atoms in total. The lowest BCUT2D eigenvalue weighted by Gasteiger charge is -2.14. The Kier molecular flexibility index (Phi) is 5.81. The standard InChI is InChI=1S/C25H26N4O3/c1-5-17(3)32-21-12-10-20(11-13-21)28-16(2)14-19(18(28)4)15-26-29-24(30)22-8-6-7-9-23(22)27-25(29)31/h6-15,17H,5H2,1-4H3,(H,27,31)/t17-/m1/s1. The van der Waals surface area contributed by atoms with Gasteiger partial charge in [-0.25, -0.2) is 4.79 Å². The summed E-state index contributed by atoms with van der Waals surface area (Å²) in [4.78, 5) is 27.7. The number of aryl methyl sites for hydroxylation is 1. The fraction of sp³-hybridized carbons (Fsp3) is 0.240. The second-order valence-electron chi connectivity index (χ2n) is 7.83. The van der Waals surface area contributed by atoms with E-state index in [9.17, 15) is 9.59 Å². The number of H-pyrrole nitrogens is 1. The van der Waals surface area contributed by atoms with Crippen LogP contribution < -0.4 is 16.0 Å². The third kappa shape index (κ3) is 4.01. The SMILES string of the molecule is CC[C@@H](C)Oc1ccc(-n2c(C)cc(C=Nn3c(=O)[nH]c4ccccc4c3=O)c2C)cc1. The van der Waals surface area contributed by atoms with Gasteiger partial charge < -0.3 is 14.3 Å². The van der Waals surface area contributed by atoms with Crippen LogP contribution in [0.25, 0.3) is 16.6 Å². The molecule has 0 fully saturated rings. The zero-order valence-corrected chi connectivity index (χ0v) is 18.6. The molecule has 0 spiro atoms. The Morgan fingerprint density at radius 3 is 2.53 bits per heavy atom. The number of benzene rings is 2. The van der Waals surface area contributed by atoms with Gasteiger partial charge in [-0.2, -0.15) is 5.10 Å². The second-order valence-corrected chi connectivity index (χ2v) is 7.83. The van der Waals surface area contributed by atoms with Crippen LogP contribution in [-0.4, -0.2) is 26.5 Å². The van der Waals surface area contributed by atoms with E-state index in [0.29, 0.717) is 10.9 Å². The third-order valence-electron chi connectivity index (χ3n) is 5.57. The summed E-state index contributed by atoms with van der Waals surface area (Å²) < 4.78 is 8.82. The van der Waals surface area contributed by atoms with E-state index in [-0.39, 0.29) is 6.10 Å². The number of fused-ring (bicyclic) bond motifs is 1. The number of nitrogens with one attached hydrogen (secondary N) is 1. The lowest BCUT2D eigenvalue weighted by Crippen LogP contribution is -2.32. The van der Waals surface area contributed by atoms with Crippen molar-refractivity contribution >= 4 is 17.1 Å². The van der Waals surface area contributed by atoms with Crippen LogP contribution in [0.2, 0.25) is 0 Å². The summed E-state index contributed by atoms with van der Waals surface area (Å²) in [5.41, 5.74) is 3.25. The Balaban J connectivity index is 1.67. The molecule has 2 aromatic carbocycles. The molecule has 1 atom stereocenters. The molecule has 0 aliphatic carbocycles. The van der Waals surface area contributed by atoms with Crippen molar-refractivity contribution in [2.45, 2.75) is 40.2 Å². The maximum Gasteiger partial charge on any atom is 0.349 e. The van der Waals surface area contributed by atoms with Crippen LogP contribution in [0.5, 0.6) is 5.75 Å². The second kappa shape index (κ2) is 8.70. The van der Waals surface area contributed by atoms with E-state index in [1.807, 2.05) is 51.1 Å². The van der Waals surface area contributed by atoms with Gasteiger partial charge in [-0.3, -0.25) is 4.79 Å². The Labute approximate surface area is 185 Å². The molecule has 4 rings (SSSR count). The highest BCUT2D eigenvalue weighted by molar-refractivity contribution is 5.82. The van der Waals surface area contributed by atoms with E-state index in [2.05, 4.69) is 21.6 Å². The fourth-order valence-corrected chi connectivity index (χ4v) is 3.68. The van der Waals surface area contributed by atoms with Crippen molar-refractivity contribution in [3.63, 3.8) is 0 Å². The molecule has 0 saturated heterocycles. The van der Waals surface area contributed by atoms with Crippen LogP contribution in [0.1, 0.15) is 37.2 Å². The normalized spacial score (nSPS) is 12.5. The topological polar surface area (TPSA) is 81.4 Å². The molecule has 0 radical (unpaired) electrons. The van der Waals surface area contributed by atoms with Gasteiger partial charge in [0.2, 0.25) is 0 Å². The molecule has 4 aromatic rings. The van der Waals surface area contributed by atoms with Crippen LogP contribution in [-0.2, 0) is 0 Å². The van der Waals surface area contributed by atoms with Gasteiger partial charge in [0.25, 0.3) is 5.56 Å². The van der Waals surface area contributed by atoms with Crippen LogP contribution in [0, 0.1) is 13.8 Å². The van der Waals surface area contributed by atoms with Crippen molar-refractivity contribution in [2.75, 3.05) is 0 Å². The van der Waals surface area contributed by atoms with Gasteiger partial charge in [0.05, 0.1) is 23.2 Å². The Hall–Kier alpha value is -3.87. The number of aromatic amines is 1. The van der Waals surface area contributed by atoms with Gasteiger partial charge >= 0.3 is 5.69 Å². The zero-order chi connectivity index (χ0) is 22.8. The predicted molar refractivity (Wildman–Crippen MR) is 127 cm³/mol. The van der Waals surface area contributed by atoms with Crippen LogP contribution in [0.15, 0.2) is 69.3 Å². The summed E-state index contributed by atoms with van der Waals surface area (Å²) in [6, 6.07) is 16.8. The van der Waals surface area contributed by atoms with Crippen molar-refractivity contribution < 1.29 is 4.74 Å². The molecule has 164 valence electrons. The first-order chi connectivity index (χ1) is 15.4. The molecule has 0 saturated carbocycles. The van der Waals surface area contributed by atoms with Crippen molar-refractivity contribution in [3.05, 3.63) is 92.4 Å². The van der Waals surface area contributed by atoms with Crippen LogP contribution in [0.3, 0.4) is 0 Å². The molecule has 2 heterocycles. The van der Waals surface area contributed by atoms with E-state index >= 15 is 0 Å². The van der Waals surface area contributed by atoms with Gasteiger partial charge in [0.1, 0.15) is 5.75 Å². The summed E-state index contributed by atoms with van der Waals surface area (Å²) in [7, 11) is 0. The molecule has 32 heavy (non-hydrogen) atoms. The van der Waals surface area contributed by atoms with E-state index < -0.39 is 11.2 Å². The van der Waals surface area contributed by atoms with E-state index in [4.69, 9.17) is 4.74 Å². The van der Waals surface area contributed by atoms with E-state index in [0.717, 1.165) is 39.5 Å². The maximum atomic E-state index is 12.7. The van der Waals surface area contributed by atoms with Gasteiger partial charge in [-0.05, 0) is 69.7 Å². The minimum absolute atomic E-state index is 0.167. The van der Waals surface area contributed by atoms with Gasteiger partial charge in [-0.15, -0.1) is 4.68 Å². The van der Waals surface area contributed by atoms with Crippen molar-refractivity contribution in [3.8, 4) is 11.4 Å². The smallest absolute Gasteiger partial charge is 0.349 e. The first-order valence-electron chi connectivity index (χ1n) is 10.6.